The minimum atomic E-state index is -4.16. The van der Waals surface area contributed by atoms with Crippen molar-refractivity contribution in [2.24, 2.45) is 0 Å². The monoisotopic (exact) mass is 265 g/mol. The first-order valence-corrected chi connectivity index (χ1v) is 6.14. The van der Waals surface area contributed by atoms with E-state index in [0.717, 1.165) is 13.0 Å². The molecular formula is C12H22F3N3. The van der Waals surface area contributed by atoms with Crippen molar-refractivity contribution < 1.29 is 13.2 Å². The quantitative estimate of drug-likeness (QED) is 0.733. The van der Waals surface area contributed by atoms with Crippen LogP contribution in [0.25, 0.3) is 0 Å². The number of nitrogens with one attached hydrogen (secondary N) is 1. The number of nitriles is 1. The Balaban J connectivity index is 3.97. The van der Waals surface area contributed by atoms with Crippen molar-refractivity contribution in [3.63, 3.8) is 0 Å². The summed E-state index contributed by atoms with van der Waals surface area (Å²) in [5.74, 6) is 0. The Morgan fingerprint density at radius 3 is 2.39 bits per heavy atom. The molecular weight excluding hydrogens is 243 g/mol. The van der Waals surface area contributed by atoms with Gasteiger partial charge in [-0.15, -0.1) is 0 Å². The molecule has 0 aliphatic carbocycles. The van der Waals surface area contributed by atoms with E-state index >= 15 is 0 Å². The van der Waals surface area contributed by atoms with Crippen LogP contribution in [0.5, 0.6) is 0 Å². The summed E-state index contributed by atoms with van der Waals surface area (Å²) in [5.41, 5.74) is -0.644. The number of hydrogen-bond acceptors (Lipinski definition) is 3. The third-order valence-electron chi connectivity index (χ3n) is 2.68. The van der Waals surface area contributed by atoms with Crippen LogP contribution in [-0.4, -0.2) is 43.3 Å². The highest BCUT2D eigenvalue weighted by Crippen LogP contribution is 2.17. The van der Waals surface area contributed by atoms with E-state index in [1.54, 1.807) is 6.92 Å². The van der Waals surface area contributed by atoms with Crippen LogP contribution in [0.1, 0.15) is 33.1 Å². The van der Waals surface area contributed by atoms with E-state index in [2.05, 4.69) is 11.4 Å². The topological polar surface area (TPSA) is 39.1 Å². The third-order valence-corrected chi connectivity index (χ3v) is 2.68. The second kappa shape index (κ2) is 7.59. The smallest absolute Gasteiger partial charge is 0.300 e. The van der Waals surface area contributed by atoms with Gasteiger partial charge in [0.2, 0.25) is 0 Å². The fourth-order valence-corrected chi connectivity index (χ4v) is 1.67. The average molecular weight is 265 g/mol. The molecule has 0 aromatic carbocycles. The standard InChI is InChI=1S/C12H22F3N3/c1-4-7-17-11(2,9-16)6-5-8-18(3)10-12(13,14)15/h17H,4-8,10H2,1-3H3. The molecule has 0 fully saturated rings. The maximum absolute atomic E-state index is 12.1. The molecule has 0 heterocycles. The first-order valence-electron chi connectivity index (χ1n) is 6.14. The SMILES string of the molecule is CCCNC(C)(C#N)CCCN(C)CC(F)(F)F. The molecule has 0 aromatic rings. The molecule has 0 saturated heterocycles. The molecule has 0 bridgehead atoms. The fourth-order valence-electron chi connectivity index (χ4n) is 1.67. The van der Waals surface area contributed by atoms with E-state index in [-0.39, 0.29) is 0 Å². The lowest BCUT2D eigenvalue weighted by Crippen LogP contribution is -2.42. The first kappa shape index (κ1) is 17.2. The Hall–Kier alpha value is -0.800. The maximum Gasteiger partial charge on any atom is 0.401 e. The Labute approximate surface area is 107 Å². The second-order valence-corrected chi connectivity index (χ2v) is 4.83. The molecule has 0 radical (unpaired) electrons. The summed E-state index contributed by atoms with van der Waals surface area (Å²) in [6.07, 6.45) is -2.13. The van der Waals surface area contributed by atoms with Crippen molar-refractivity contribution in [1.82, 2.24) is 10.2 Å². The summed E-state index contributed by atoms with van der Waals surface area (Å²) in [7, 11) is 1.44. The molecule has 18 heavy (non-hydrogen) atoms. The molecule has 0 spiro atoms. The number of nitrogens with zero attached hydrogens (tertiary/aromatic N) is 2. The Morgan fingerprint density at radius 2 is 1.94 bits per heavy atom. The summed E-state index contributed by atoms with van der Waals surface area (Å²) < 4.78 is 36.3. The van der Waals surface area contributed by atoms with Gasteiger partial charge in [-0.3, -0.25) is 10.2 Å². The van der Waals surface area contributed by atoms with Gasteiger partial charge >= 0.3 is 6.18 Å². The maximum atomic E-state index is 12.1. The van der Waals surface area contributed by atoms with Gasteiger partial charge in [0.25, 0.3) is 0 Å². The number of hydrogen-bond donors (Lipinski definition) is 1. The van der Waals surface area contributed by atoms with E-state index in [9.17, 15) is 13.2 Å². The Bertz CT molecular complexity index is 273. The number of halogens is 3. The third kappa shape index (κ3) is 8.31. The van der Waals surface area contributed by atoms with Crippen LogP contribution < -0.4 is 5.32 Å². The number of alkyl halides is 3. The van der Waals surface area contributed by atoms with Crippen molar-refractivity contribution >= 4 is 0 Å². The first-order chi connectivity index (χ1) is 8.22. The van der Waals surface area contributed by atoms with Crippen molar-refractivity contribution in [3.8, 4) is 6.07 Å². The highest BCUT2D eigenvalue weighted by Gasteiger charge is 2.29. The van der Waals surface area contributed by atoms with Crippen LogP contribution in [0, 0.1) is 11.3 Å². The minimum Gasteiger partial charge on any atom is -0.300 e. The highest BCUT2D eigenvalue weighted by atomic mass is 19.4. The van der Waals surface area contributed by atoms with Crippen molar-refractivity contribution in [3.05, 3.63) is 0 Å². The van der Waals surface area contributed by atoms with Crippen LogP contribution in [-0.2, 0) is 0 Å². The molecule has 106 valence electrons. The highest BCUT2D eigenvalue weighted by molar-refractivity contribution is 5.03. The van der Waals surface area contributed by atoms with Gasteiger partial charge in [-0.2, -0.15) is 18.4 Å². The predicted octanol–water partition coefficient (Wildman–Crippen LogP) is 2.54. The normalized spacial score (nSPS) is 15.4. The molecule has 6 heteroatoms. The molecule has 0 aliphatic rings. The molecule has 0 aromatic heterocycles. The zero-order valence-corrected chi connectivity index (χ0v) is 11.3. The molecule has 1 N–H and O–H groups in total. The van der Waals surface area contributed by atoms with E-state index in [1.165, 1.54) is 11.9 Å². The van der Waals surface area contributed by atoms with Crippen LogP contribution in [0.4, 0.5) is 13.2 Å². The van der Waals surface area contributed by atoms with Crippen LogP contribution >= 0.6 is 0 Å². The van der Waals surface area contributed by atoms with E-state index < -0.39 is 18.3 Å². The summed E-state index contributed by atoms with van der Waals surface area (Å²) in [6, 6.07) is 2.18. The molecule has 0 aliphatic heterocycles. The lowest BCUT2D eigenvalue weighted by molar-refractivity contribution is -0.143. The molecule has 1 unspecified atom stereocenters. The van der Waals surface area contributed by atoms with Gasteiger partial charge in [0, 0.05) is 0 Å². The molecule has 0 amide bonds. The van der Waals surface area contributed by atoms with Gasteiger partial charge < -0.3 is 0 Å². The Kier molecular flexibility index (Phi) is 7.26. The minimum absolute atomic E-state index is 0.338. The largest absolute Gasteiger partial charge is 0.401 e. The lowest BCUT2D eigenvalue weighted by atomic mass is 9.97. The molecule has 0 saturated carbocycles. The van der Waals surface area contributed by atoms with Crippen LogP contribution in [0.3, 0.4) is 0 Å². The lowest BCUT2D eigenvalue weighted by Gasteiger charge is -2.25. The number of rotatable bonds is 8. The van der Waals surface area contributed by atoms with Crippen molar-refractivity contribution in [2.45, 2.75) is 44.8 Å². The Morgan fingerprint density at radius 1 is 1.33 bits per heavy atom. The molecule has 1 atom stereocenters. The predicted molar refractivity (Wildman–Crippen MR) is 65.1 cm³/mol. The van der Waals surface area contributed by atoms with Crippen molar-refractivity contribution in [2.75, 3.05) is 26.7 Å². The van der Waals surface area contributed by atoms with Crippen LogP contribution in [0.15, 0.2) is 0 Å². The summed E-state index contributed by atoms with van der Waals surface area (Å²) in [4.78, 5) is 1.23. The summed E-state index contributed by atoms with van der Waals surface area (Å²) >= 11 is 0. The van der Waals surface area contributed by atoms with Gasteiger partial charge in [-0.05, 0) is 46.3 Å². The van der Waals surface area contributed by atoms with Crippen molar-refractivity contribution in [1.29, 1.82) is 5.26 Å². The second-order valence-electron chi connectivity index (χ2n) is 4.83. The van der Waals surface area contributed by atoms with Gasteiger partial charge in [-0.1, -0.05) is 6.92 Å². The van der Waals surface area contributed by atoms with E-state index in [0.29, 0.717) is 19.4 Å². The fraction of sp³-hybridized carbons (Fsp3) is 0.917. The average Bonchev–Trinajstić information content (AvgIpc) is 2.24. The zero-order valence-electron chi connectivity index (χ0n) is 11.3. The van der Waals surface area contributed by atoms with Gasteiger partial charge in [0.05, 0.1) is 12.6 Å². The van der Waals surface area contributed by atoms with E-state index in [4.69, 9.17) is 5.26 Å². The summed E-state index contributed by atoms with van der Waals surface area (Å²) in [6.45, 7) is 3.96. The van der Waals surface area contributed by atoms with Gasteiger partial charge in [0.1, 0.15) is 5.54 Å². The van der Waals surface area contributed by atoms with Crippen LogP contribution in [0.2, 0.25) is 0 Å². The molecule has 0 rings (SSSR count). The molecule has 3 nitrogen and oxygen atoms in total. The zero-order chi connectivity index (χ0) is 14.2. The van der Waals surface area contributed by atoms with Gasteiger partial charge in [0.15, 0.2) is 0 Å². The summed E-state index contributed by atoms with van der Waals surface area (Å²) in [5, 5.41) is 12.2. The van der Waals surface area contributed by atoms with E-state index in [1.807, 2.05) is 6.92 Å². The van der Waals surface area contributed by atoms with Gasteiger partial charge in [-0.25, -0.2) is 0 Å².